The fourth-order valence-corrected chi connectivity index (χ4v) is 4.46. The van der Waals surface area contributed by atoms with E-state index < -0.39 is 0 Å². The van der Waals surface area contributed by atoms with E-state index in [1.807, 2.05) is 36.4 Å². The highest BCUT2D eigenvalue weighted by Crippen LogP contribution is 2.32. The average Bonchev–Trinajstić information content (AvgIpc) is 2.85. The quantitative estimate of drug-likeness (QED) is 0.387. The summed E-state index contributed by atoms with van der Waals surface area (Å²) >= 11 is 0. The van der Waals surface area contributed by atoms with Crippen LogP contribution in [0, 0.1) is 5.92 Å². The lowest BCUT2D eigenvalue weighted by atomic mass is 9.86. The fourth-order valence-electron chi connectivity index (χ4n) is 4.46. The summed E-state index contributed by atoms with van der Waals surface area (Å²) in [7, 11) is 3.27. The second kappa shape index (κ2) is 11.0. The van der Waals surface area contributed by atoms with Gasteiger partial charge < -0.3 is 14.8 Å². The highest BCUT2D eigenvalue weighted by atomic mass is 16.5. The summed E-state index contributed by atoms with van der Waals surface area (Å²) < 4.78 is 10.9. The summed E-state index contributed by atoms with van der Waals surface area (Å²) in [5.74, 6) is 3.01. The molecule has 168 valence electrons. The van der Waals surface area contributed by atoms with E-state index in [2.05, 4.69) is 23.5 Å². The van der Waals surface area contributed by atoms with Crippen molar-refractivity contribution in [3.05, 3.63) is 53.7 Å². The van der Waals surface area contributed by atoms with Crippen molar-refractivity contribution in [3.8, 4) is 11.5 Å². The minimum Gasteiger partial charge on any atom is -0.493 e. The van der Waals surface area contributed by atoms with Crippen LogP contribution in [0.2, 0.25) is 0 Å². The fraction of sp³-hybridized carbons (Fsp3) is 0.407. The van der Waals surface area contributed by atoms with E-state index in [4.69, 9.17) is 19.4 Å². The third kappa shape index (κ3) is 5.58. The Morgan fingerprint density at radius 1 is 0.906 bits per heavy atom. The van der Waals surface area contributed by atoms with Crippen LogP contribution in [0.1, 0.15) is 56.2 Å². The molecule has 0 atom stereocenters. The summed E-state index contributed by atoms with van der Waals surface area (Å²) in [6.07, 6.45) is 13.5. The first kappa shape index (κ1) is 22.1. The largest absolute Gasteiger partial charge is 0.493 e. The highest BCUT2D eigenvalue weighted by molar-refractivity contribution is 5.84. The van der Waals surface area contributed by atoms with Gasteiger partial charge >= 0.3 is 0 Å². The summed E-state index contributed by atoms with van der Waals surface area (Å²) in [4.78, 5) is 9.79. The van der Waals surface area contributed by atoms with Crippen molar-refractivity contribution in [2.45, 2.75) is 44.9 Å². The third-order valence-electron chi connectivity index (χ3n) is 6.24. The molecule has 1 aliphatic rings. The molecule has 4 rings (SSSR count). The van der Waals surface area contributed by atoms with E-state index in [1.54, 1.807) is 14.2 Å². The van der Waals surface area contributed by atoms with Gasteiger partial charge in [0, 0.05) is 18.7 Å². The van der Waals surface area contributed by atoms with Gasteiger partial charge in [-0.15, -0.1) is 0 Å². The molecule has 1 fully saturated rings. The Labute approximate surface area is 190 Å². The molecule has 0 amide bonds. The van der Waals surface area contributed by atoms with Gasteiger partial charge in [-0.1, -0.05) is 68.5 Å². The number of nitrogens with zero attached hydrogens (tertiary/aromatic N) is 2. The van der Waals surface area contributed by atoms with Crippen molar-refractivity contribution in [1.82, 2.24) is 9.97 Å². The predicted molar refractivity (Wildman–Crippen MR) is 132 cm³/mol. The van der Waals surface area contributed by atoms with Gasteiger partial charge in [0.05, 0.1) is 25.3 Å². The molecule has 1 heterocycles. The molecule has 3 aromatic rings. The molecule has 1 N–H and O–H groups in total. The molecule has 1 saturated carbocycles. The summed E-state index contributed by atoms with van der Waals surface area (Å²) in [6.45, 7) is 0.899. The molecule has 0 unspecified atom stereocenters. The van der Waals surface area contributed by atoms with Gasteiger partial charge in [0.15, 0.2) is 17.3 Å². The van der Waals surface area contributed by atoms with Crippen molar-refractivity contribution in [1.29, 1.82) is 0 Å². The van der Waals surface area contributed by atoms with Crippen LogP contribution in [-0.2, 0) is 0 Å². The zero-order chi connectivity index (χ0) is 22.2. The van der Waals surface area contributed by atoms with Gasteiger partial charge in [0.25, 0.3) is 0 Å². The van der Waals surface area contributed by atoms with E-state index in [0.717, 1.165) is 47.0 Å². The number of aromatic nitrogens is 2. The van der Waals surface area contributed by atoms with Crippen molar-refractivity contribution >= 4 is 29.0 Å². The van der Waals surface area contributed by atoms with Gasteiger partial charge in [-0.2, -0.15) is 0 Å². The van der Waals surface area contributed by atoms with E-state index in [1.165, 1.54) is 38.5 Å². The molecule has 1 aromatic heterocycles. The molecule has 32 heavy (non-hydrogen) atoms. The van der Waals surface area contributed by atoms with Crippen LogP contribution in [-0.4, -0.2) is 30.7 Å². The average molecular weight is 432 g/mol. The maximum Gasteiger partial charge on any atom is 0.163 e. The first-order valence-electron chi connectivity index (χ1n) is 11.7. The van der Waals surface area contributed by atoms with Crippen LogP contribution < -0.4 is 14.8 Å². The SMILES string of the molecule is COc1cc2nc(/C=C/c3ccccc3)c(NCCCC3CCCCC3)nc2cc1OC. The number of hydrogen-bond acceptors (Lipinski definition) is 5. The van der Waals surface area contributed by atoms with Crippen molar-refractivity contribution in [2.24, 2.45) is 5.92 Å². The number of methoxy groups -OCH3 is 2. The molecule has 5 nitrogen and oxygen atoms in total. The topological polar surface area (TPSA) is 56.3 Å². The lowest BCUT2D eigenvalue weighted by molar-refractivity contribution is 0.335. The number of anilines is 1. The zero-order valence-electron chi connectivity index (χ0n) is 19.1. The number of rotatable bonds is 9. The Balaban J connectivity index is 1.57. The van der Waals surface area contributed by atoms with Gasteiger partial charge in [0.1, 0.15) is 5.69 Å². The molecule has 0 aliphatic heterocycles. The standard InChI is InChI=1S/C27H33N3O2/c1-31-25-18-23-24(19-26(25)32-2)30-27(28-17-9-14-20-10-5-3-6-11-20)22(29-23)16-15-21-12-7-4-8-13-21/h4,7-8,12-13,15-16,18-20H,3,5-6,9-11,14,17H2,1-2H3,(H,28,30)/b16-15+. The number of nitrogens with one attached hydrogen (secondary N) is 1. The van der Waals surface area contributed by atoms with Crippen LogP contribution in [0.5, 0.6) is 11.5 Å². The van der Waals surface area contributed by atoms with E-state index >= 15 is 0 Å². The highest BCUT2D eigenvalue weighted by Gasteiger charge is 2.14. The minimum atomic E-state index is 0.653. The molecule has 1 aliphatic carbocycles. The Morgan fingerprint density at radius 3 is 2.28 bits per heavy atom. The van der Waals surface area contributed by atoms with Gasteiger partial charge in [-0.25, -0.2) is 9.97 Å². The summed E-state index contributed by atoms with van der Waals surface area (Å²) in [5, 5.41) is 3.55. The number of fused-ring (bicyclic) bond motifs is 1. The van der Waals surface area contributed by atoms with Gasteiger partial charge in [-0.3, -0.25) is 0 Å². The molecule has 0 radical (unpaired) electrons. The number of hydrogen-bond donors (Lipinski definition) is 1. The second-order valence-electron chi connectivity index (χ2n) is 8.47. The van der Waals surface area contributed by atoms with Crippen molar-refractivity contribution in [2.75, 3.05) is 26.1 Å². The summed E-state index contributed by atoms with van der Waals surface area (Å²) in [5.41, 5.74) is 3.52. The molecule has 5 heteroatoms. The molecular weight excluding hydrogens is 398 g/mol. The molecule has 0 saturated heterocycles. The maximum atomic E-state index is 5.46. The van der Waals surface area contributed by atoms with E-state index in [-0.39, 0.29) is 0 Å². The number of ether oxygens (including phenoxy) is 2. The Morgan fingerprint density at radius 2 is 1.59 bits per heavy atom. The molecule has 0 bridgehead atoms. The molecular formula is C27H33N3O2. The number of benzene rings is 2. The van der Waals surface area contributed by atoms with Crippen LogP contribution in [0.3, 0.4) is 0 Å². The van der Waals surface area contributed by atoms with Crippen molar-refractivity contribution < 1.29 is 9.47 Å². The van der Waals surface area contributed by atoms with Crippen molar-refractivity contribution in [3.63, 3.8) is 0 Å². The zero-order valence-corrected chi connectivity index (χ0v) is 19.1. The molecule has 2 aromatic carbocycles. The first-order valence-corrected chi connectivity index (χ1v) is 11.7. The Bertz CT molecular complexity index is 1040. The van der Waals surface area contributed by atoms with Gasteiger partial charge in [-0.05, 0) is 30.4 Å². The maximum absolute atomic E-state index is 5.46. The monoisotopic (exact) mass is 431 g/mol. The lowest BCUT2D eigenvalue weighted by Crippen LogP contribution is -2.11. The lowest BCUT2D eigenvalue weighted by Gasteiger charge is -2.21. The normalized spacial score (nSPS) is 14.7. The molecule has 0 spiro atoms. The van der Waals surface area contributed by atoms with Crippen LogP contribution in [0.4, 0.5) is 5.82 Å². The second-order valence-corrected chi connectivity index (χ2v) is 8.47. The predicted octanol–water partition coefficient (Wildman–Crippen LogP) is 6.59. The van der Waals surface area contributed by atoms with E-state index in [0.29, 0.717) is 11.5 Å². The summed E-state index contributed by atoms with van der Waals surface area (Å²) in [6, 6.07) is 14.0. The van der Waals surface area contributed by atoms with Crippen LogP contribution in [0.25, 0.3) is 23.2 Å². The van der Waals surface area contributed by atoms with Crippen LogP contribution >= 0.6 is 0 Å². The van der Waals surface area contributed by atoms with Crippen LogP contribution in [0.15, 0.2) is 42.5 Å². The smallest absolute Gasteiger partial charge is 0.163 e. The van der Waals surface area contributed by atoms with E-state index in [9.17, 15) is 0 Å². The Hall–Kier alpha value is -3.08. The third-order valence-corrected chi connectivity index (χ3v) is 6.24. The Kier molecular flexibility index (Phi) is 7.59. The van der Waals surface area contributed by atoms with Gasteiger partial charge in [0.2, 0.25) is 0 Å². The minimum absolute atomic E-state index is 0.653. The first-order chi connectivity index (χ1) is 15.8.